The Hall–Kier alpha value is -1.68. The molecule has 84 valence electrons. The molecule has 0 saturated carbocycles. The van der Waals surface area contributed by atoms with Crippen molar-refractivity contribution in [1.82, 2.24) is 0 Å². The predicted molar refractivity (Wildman–Crippen MR) is 57.8 cm³/mol. The molecule has 4 nitrogen and oxygen atoms in total. The number of ether oxygens (including phenoxy) is 1. The Kier molecular flexibility index (Phi) is 3.79. The van der Waals surface area contributed by atoms with Crippen LogP contribution >= 0.6 is 11.6 Å². The van der Waals surface area contributed by atoms with Crippen molar-refractivity contribution in [2.45, 2.75) is 13.8 Å². The number of halogens is 1. The van der Waals surface area contributed by atoms with Crippen LogP contribution in [0.15, 0.2) is 18.2 Å². The highest BCUT2D eigenvalue weighted by Crippen LogP contribution is 2.23. The second kappa shape index (κ2) is 4.90. The van der Waals surface area contributed by atoms with E-state index in [0.717, 1.165) is 0 Å². The number of carbonyl (C=O) groups is 3. The number of hydrogen-bond donors (Lipinski definition) is 0. The number of esters is 1. The smallest absolute Gasteiger partial charge is 0.308 e. The summed E-state index contributed by atoms with van der Waals surface area (Å²) in [6, 6.07) is 4.08. The predicted octanol–water partition coefficient (Wildman–Crippen LogP) is 2.04. The summed E-state index contributed by atoms with van der Waals surface area (Å²) in [4.78, 5) is 32.9. The average molecular weight is 241 g/mol. The van der Waals surface area contributed by atoms with Crippen molar-refractivity contribution < 1.29 is 19.1 Å². The highest BCUT2D eigenvalue weighted by Gasteiger charge is 2.15. The summed E-state index contributed by atoms with van der Waals surface area (Å²) in [6.45, 7) is 2.42. The van der Waals surface area contributed by atoms with Crippen LogP contribution in [-0.2, 0) is 9.59 Å². The van der Waals surface area contributed by atoms with Gasteiger partial charge in [0.25, 0.3) is 0 Å². The van der Waals surface area contributed by atoms with Crippen molar-refractivity contribution in [3.8, 4) is 5.75 Å². The molecule has 0 saturated heterocycles. The van der Waals surface area contributed by atoms with Crippen LogP contribution in [0.5, 0.6) is 5.75 Å². The van der Waals surface area contributed by atoms with E-state index in [1.165, 1.54) is 32.0 Å². The molecule has 0 amide bonds. The van der Waals surface area contributed by atoms with Gasteiger partial charge in [0, 0.05) is 25.5 Å². The van der Waals surface area contributed by atoms with Gasteiger partial charge >= 0.3 is 5.97 Å². The van der Waals surface area contributed by atoms with E-state index < -0.39 is 17.5 Å². The highest BCUT2D eigenvalue weighted by molar-refractivity contribution is 6.47. The molecule has 1 aromatic carbocycles. The van der Waals surface area contributed by atoms with E-state index in [0.29, 0.717) is 0 Å². The lowest BCUT2D eigenvalue weighted by Crippen LogP contribution is -2.10. The minimum Gasteiger partial charge on any atom is -0.427 e. The number of Topliss-reactive ketones (excluding diaryl/α,β-unsaturated/α-hetero) is 2. The van der Waals surface area contributed by atoms with Crippen LogP contribution in [0.1, 0.15) is 24.2 Å². The maximum atomic E-state index is 11.4. The van der Waals surface area contributed by atoms with E-state index in [2.05, 4.69) is 0 Å². The molecule has 0 atom stereocenters. The van der Waals surface area contributed by atoms with Gasteiger partial charge in [-0.15, -0.1) is 0 Å². The summed E-state index contributed by atoms with van der Waals surface area (Å²) in [5.74, 6) is -1.51. The van der Waals surface area contributed by atoms with Gasteiger partial charge in [-0.1, -0.05) is 11.6 Å². The molecule has 5 heteroatoms. The van der Waals surface area contributed by atoms with Gasteiger partial charge in [0.15, 0.2) is 5.78 Å². The van der Waals surface area contributed by atoms with Crippen LogP contribution in [0.4, 0.5) is 0 Å². The molecule has 0 N–H and O–H groups in total. The third kappa shape index (κ3) is 2.90. The summed E-state index contributed by atoms with van der Waals surface area (Å²) in [6.07, 6.45) is 0. The molecule has 0 aliphatic rings. The quantitative estimate of drug-likeness (QED) is 0.351. The van der Waals surface area contributed by atoms with Gasteiger partial charge in [-0.3, -0.25) is 14.4 Å². The largest absolute Gasteiger partial charge is 0.427 e. The molecule has 0 unspecified atom stereocenters. The number of rotatable bonds is 3. The fraction of sp³-hybridized carbons (Fsp3) is 0.182. The van der Waals surface area contributed by atoms with Crippen LogP contribution in [0, 0.1) is 0 Å². The van der Waals surface area contributed by atoms with Gasteiger partial charge in [0.1, 0.15) is 5.75 Å². The summed E-state index contributed by atoms with van der Waals surface area (Å²) in [7, 11) is 0. The zero-order valence-corrected chi connectivity index (χ0v) is 9.50. The van der Waals surface area contributed by atoms with Crippen LogP contribution in [-0.4, -0.2) is 17.5 Å². The lowest BCUT2D eigenvalue weighted by atomic mass is 10.1. The van der Waals surface area contributed by atoms with Gasteiger partial charge in [-0.2, -0.15) is 0 Å². The molecule has 0 fully saturated rings. The Bertz CT molecular complexity index is 465. The first-order chi connectivity index (χ1) is 7.41. The summed E-state index contributed by atoms with van der Waals surface area (Å²) in [5, 5.41) is 0.0824. The molecule has 0 aliphatic carbocycles. The van der Waals surface area contributed by atoms with E-state index in [9.17, 15) is 14.4 Å². The number of hydrogen-bond acceptors (Lipinski definition) is 4. The molecule has 1 rings (SSSR count). The molecule has 0 radical (unpaired) electrons. The summed E-state index contributed by atoms with van der Waals surface area (Å²) >= 11 is 5.79. The molecule has 0 heterocycles. The van der Waals surface area contributed by atoms with Crippen LogP contribution in [0.2, 0.25) is 5.02 Å². The standard InChI is InChI=1S/C11H9ClO4/c1-6(13)11(15)9-4-3-8(5-10(9)12)16-7(2)14/h3-5H,1-2H3. The third-order valence-electron chi connectivity index (χ3n) is 1.77. The maximum Gasteiger partial charge on any atom is 0.308 e. The van der Waals surface area contributed by atoms with Crippen molar-refractivity contribution in [3.05, 3.63) is 28.8 Å². The zero-order valence-electron chi connectivity index (χ0n) is 8.74. The molecule has 0 spiro atoms. The number of carbonyl (C=O) groups excluding carboxylic acids is 3. The van der Waals surface area contributed by atoms with Crippen LogP contribution in [0.3, 0.4) is 0 Å². The SMILES string of the molecule is CC(=O)Oc1ccc(C(=O)C(C)=O)c(Cl)c1. The first kappa shape index (κ1) is 12.4. The fourth-order valence-electron chi connectivity index (χ4n) is 1.10. The second-order valence-electron chi connectivity index (χ2n) is 3.12. The molecule has 0 aliphatic heterocycles. The molecular formula is C11H9ClO4. The molecule has 1 aromatic rings. The van der Waals surface area contributed by atoms with Crippen LogP contribution < -0.4 is 4.74 Å². The van der Waals surface area contributed by atoms with E-state index in [1.54, 1.807) is 0 Å². The van der Waals surface area contributed by atoms with E-state index in [4.69, 9.17) is 16.3 Å². The fourth-order valence-corrected chi connectivity index (χ4v) is 1.36. The van der Waals surface area contributed by atoms with Crippen molar-refractivity contribution >= 4 is 29.1 Å². The molecule has 16 heavy (non-hydrogen) atoms. The minimum absolute atomic E-state index is 0.0824. The van der Waals surface area contributed by atoms with Crippen molar-refractivity contribution in [2.24, 2.45) is 0 Å². The zero-order chi connectivity index (χ0) is 12.3. The monoisotopic (exact) mass is 240 g/mol. The van der Waals surface area contributed by atoms with Gasteiger partial charge in [-0.05, 0) is 12.1 Å². The Morgan fingerprint density at radius 3 is 2.25 bits per heavy atom. The average Bonchev–Trinajstić information content (AvgIpc) is 2.15. The van der Waals surface area contributed by atoms with Gasteiger partial charge in [-0.25, -0.2) is 0 Å². The van der Waals surface area contributed by atoms with Gasteiger partial charge in [0.05, 0.1) is 5.02 Å². The second-order valence-corrected chi connectivity index (χ2v) is 3.53. The van der Waals surface area contributed by atoms with E-state index in [1.807, 2.05) is 0 Å². The number of benzene rings is 1. The third-order valence-corrected chi connectivity index (χ3v) is 2.08. The van der Waals surface area contributed by atoms with Crippen LogP contribution in [0.25, 0.3) is 0 Å². The minimum atomic E-state index is -0.667. The Morgan fingerprint density at radius 1 is 1.19 bits per heavy atom. The normalized spacial score (nSPS) is 9.69. The Labute approximate surface area is 97.2 Å². The van der Waals surface area contributed by atoms with Gasteiger partial charge < -0.3 is 4.74 Å². The number of ketones is 2. The summed E-state index contributed by atoms with van der Waals surface area (Å²) < 4.78 is 4.77. The Balaban J connectivity index is 3.04. The topological polar surface area (TPSA) is 60.4 Å². The van der Waals surface area contributed by atoms with Crippen molar-refractivity contribution in [3.63, 3.8) is 0 Å². The highest BCUT2D eigenvalue weighted by atomic mass is 35.5. The molecular weight excluding hydrogens is 232 g/mol. The summed E-state index contributed by atoms with van der Waals surface area (Å²) in [5.41, 5.74) is 0.102. The van der Waals surface area contributed by atoms with Crippen molar-refractivity contribution in [2.75, 3.05) is 0 Å². The van der Waals surface area contributed by atoms with Gasteiger partial charge in [0.2, 0.25) is 5.78 Å². The lowest BCUT2D eigenvalue weighted by molar-refractivity contribution is -0.131. The van der Waals surface area contributed by atoms with Crippen molar-refractivity contribution in [1.29, 1.82) is 0 Å². The van der Waals surface area contributed by atoms with E-state index >= 15 is 0 Å². The molecule has 0 aromatic heterocycles. The molecule has 0 bridgehead atoms. The lowest BCUT2D eigenvalue weighted by Gasteiger charge is -2.04. The first-order valence-corrected chi connectivity index (χ1v) is 4.83. The maximum absolute atomic E-state index is 11.4. The Morgan fingerprint density at radius 2 is 1.81 bits per heavy atom. The van der Waals surface area contributed by atoms with E-state index in [-0.39, 0.29) is 16.3 Å². The first-order valence-electron chi connectivity index (χ1n) is 4.45.